The molecule has 1 amide bonds. The van der Waals surface area contributed by atoms with Crippen molar-refractivity contribution in [2.24, 2.45) is 0 Å². The molecular weight excluding hydrogens is 419 g/mol. The van der Waals surface area contributed by atoms with Crippen molar-refractivity contribution < 1.29 is 13.9 Å². The minimum absolute atomic E-state index is 0.198. The molecule has 1 atom stereocenters. The van der Waals surface area contributed by atoms with Gasteiger partial charge in [-0.2, -0.15) is 0 Å². The number of hydrogen-bond acceptors (Lipinski definition) is 6. The van der Waals surface area contributed by atoms with Gasteiger partial charge in [0.1, 0.15) is 22.2 Å². The maximum absolute atomic E-state index is 13.2. The molecule has 3 N–H and O–H groups in total. The molecule has 3 heterocycles. The van der Waals surface area contributed by atoms with Gasteiger partial charge in [0.2, 0.25) is 0 Å². The zero-order valence-corrected chi connectivity index (χ0v) is 17.2. The first kappa shape index (κ1) is 19.3. The van der Waals surface area contributed by atoms with Crippen molar-refractivity contribution >= 4 is 38.8 Å². The summed E-state index contributed by atoms with van der Waals surface area (Å²) in [5.41, 5.74) is 2.58. The number of carbonyl (C=O) groups is 1. The first-order chi connectivity index (χ1) is 15.0. The number of benzene rings is 2. The number of nitrogens with zero attached hydrogens (tertiary/aromatic N) is 1. The van der Waals surface area contributed by atoms with Crippen LogP contribution in [0.5, 0.6) is 5.75 Å². The Hall–Kier alpha value is -3.72. The van der Waals surface area contributed by atoms with Crippen LogP contribution in [0.3, 0.4) is 0 Å². The van der Waals surface area contributed by atoms with E-state index in [1.54, 1.807) is 31.2 Å². The number of halogens is 1. The molecule has 0 radical (unpaired) electrons. The summed E-state index contributed by atoms with van der Waals surface area (Å²) in [5.74, 6) is 0.566. The lowest BCUT2D eigenvalue weighted by atomic mass is 10.1. The maximum Gasteiger partial charge on any atom is 0.265 e. The van der Waals surface area contributed by atoms with Crippen molar-refractivity contribution in [2.45, 2.75) is 19.6 Å². The van der Waals surface area contributed by atoms with Crippen LogP contribution in [0, 0.1) is 5.82 Å². The van der Waals surface area contributed by atoms with Crippen molar-refractivity contribution in [3.05, 3.63) is 69.8 Å². The maximum atomic E-state index is 13.2. The zero-order chi connectivity index (χ0) is 21.5. The quantitative estimate of drug-likeness (QED) is 0.447. The highest BCUT2D eigenvalue weighted by Gasteiger charge is 2.23. The first-order valence-electron chi connectivity index (χ1n) is 9.60. The van der Waals surface area contributed by atoms with Gasteiger partial charge in [0.05, 0.1) is 17.6 Å². The van der Waals surface area contributed by atoms with Gasteiger partial charge < -0.3 is 20.4 Å². The minimum atomic E-state index is -0.530. The predicted octanol–water partition coefficient (Wildman–Crippen LogP) is 4.12. The molecule has 0 bridgehead atoms. The van der Waals surface area contributed by atoms with E-state index in [1.807, 2.05) is 11.4 Å². The summed E-state index contributed by atoms with van der Waals surface area (Å²) in [6.45, 7) is 1.98. The normalized spacial score (nSPS) is 15.3. The van der Waals surface area contributed by atoms with Crippen LogP contribution in [-0.2, 0) is 11.3 Å². The van der Waals surface area contributed by atoms with Crippen LogP contribution in [-0.4, -0.2) is 22.0 Å². The third-order valence-electron chi connectivity index (χ3n) is 5.02. The number of H-pyrrole nitrogens is 1. The van der Waals surface area contributed by atoms with Gasteiger partial charge in [-0.05, 0) is 42.8 Å². The number of carbonyl (C=O) groups excluding carboxylic acids is 1. The summed E-state index contributed by atoms with van der Waals surface area (Å²) in [5, 5.41) is 8.34. The fourth-order valence-corrected chi connectivity index (χ4v) is 4.39. The average Bonchev–Trinajstić information content (AvgIpc) is 3.18. The van der Waals surface area contributed by atoms with Crippen LogP contribution in [0.1, 0.15) is 12.7 Å². The molecule has 0 spiro atoms. The summed E-state index contributed by atoms with van der Waals surface area (Å²) >= 11 is 1.37. The number of thiophene rings is 1. The van der Waals surface area contributed by atoms with E-state index in [4.69, 9.17) is 4.74 Å². The monoisotopic (exact) mass is 436 g/mol. The Morgan fingerprint density at radius 3 is 2.81 bits per heavy atom. The van der Waals surface area contributed by atoms with E-state index in [9.17, 15) is 14.0 Å². The topological polar surface area (TPSA) is 96.1 Å². The molecule has 0 saturated heterocycles. The molecule has 0 unspecified atom stereocenters. The molecule has 9 heteroatoms. The van der Waals surface area contributed by atoms with E-state index in [0.717, 1.165) is 16.8 Å². The summed E-state index contributed by atoms with van der Waals surface area (Å²) < 4.78 is 18.8. The first-order valence-corrected chi connectivity index (χ1v) is 10.5. The Bertz CT molecular complexity index is 1360. The molecule has 4 aromatic rings. The van der Waals surface area contributed by atoms with E-state index in [0.29, 0.717) is 34.0 Å². The average molecular weight is 436 g/mol. The Labute approximate surface area is 179 Å². The molecule has 1 aliphatic heterocycles. The number of hydrogen-bond donors (Lipinski definition) is 3. The van der Waals surface area contributed by atoms with Crippen LogP contribution in [0.4, 0.5) is 15.8 Å². The van der Waals surface area contributed by atoms with Gasteiger partial charge in [0.15, 0.2) is 6.10 Å². The van der Waals surface area contributed by atoms with Crippen molar-refractivity contribution in [2.75, 3.05) is 10.6 Å². The second-order valence-electron chi connectivity index (χ2n) is 7.16. The number of aromatic amines is 1. The van der Waals surface area contributed by atoms with E-state index >= 15 is 0 Å². The summed E-state index contributed by atoms with van der Waals surface area (Å²) in [6.07, 6.45) is -0.530. The lowest BCUT2D eigenvalue weighted by molar-refractivity contribution is -0.122. The number of anilines is 2. The van der Waals surface area contributed by atoms with Gasteiger partial charge in [-0.1, -0.05) is 12.1 Å². The highest BCUT2D eigenvalue weighted by atomic mass is 32.1. The number of rotatable bonds is 4. The molecule has 0 fully saturated rings. The van der Waals surface area contributed by atoms with Crippen LogP contribution >= 0.6 is 11.3 Å². The molecule has 2 aromatic heterocycles. The van der Waals surface area contributed by atoms with E-state index in [-0.39, 0.29) is 17.3 Å². The third-order valence-corrected chi connectivity index (χ3v) is 5.89. The fourth-order valence-electron chi connectivity index (χ4n) is 3.42. The summed E-state index contributed by atoms with van der Waals surface area (Å²) in [4.78, 5) is 32.5. The van der Waals surface area contributed by atoms with Crippen molar-refractivity contribution in [3.63, 3.8) is 0 Å². The Balaban J connectivity index is 1.38. The minimum Gasteiger partial charge on any atom is -0.479 e. The second-order valence-corrected chi connectivity index (χ2v) is 8.02. The van der Waals surface area contributed by atoms with Gasteiger partial charge in [-0.25, -0.2) is 9.37 Å². The number of fused-ring (bicyclic) bond motifs is 2. The van der Waals surface area contributed by atoms with Gasteiger partial charge in [-0.3, -0.25) is 9.59 Å². The Morgan fingerprint density at radius 2 is 2.00 bits per heavy atom. The van der Waals surface area contributed by atoms with Gasteiger partial charge in [-0.15, -0.1) is 11.3 Å². The molecule has 1 aliphatic rings. The van der Waals surface area contributed by atoms with Crippen LogP contribution in [0.15, 0.2) is 52.6 Å². The largest absolute Gasteiger partial charge is 0.479 e. The molecule has 156 valence electrons. The molecule has 0 saturated carbocycles. The van der Waals surface area contributed by atoms with Crippen LogP contribution in [0.25, 0.3) is 21.3 Å². The lowest BCUT2D eigenvalue weighted by Gasteiger charge is -2.23. The fraction of sp³-hybridized carbons (Fsp3) is 0.136. The molecule has 2 aromatic carbocycles. The van der Waals surface area contributed by atoms with E-state index in [2.05, 4.69) is 20.6 Å². The van der Waals surface area contributed by atoms with E-state index < -0.39 is 6.10 Å². The molecule has 5 rings (SSSR count). The number of nitrogens with one attached hydrogen (secondary N) is 3. The SMILES string of the molecule is C[C@@H]1Oc2ccc(NCc3nc4scc(-c5ccc(F)cc5)c4c(=O)[nH]3)cc2NC1=O. The number of amides is 1. The highest BCUT2D eigenvalue weighted by molar-refractivity contribution is 7.17. The molecule has 7 nitrogen and oxygen atoms in total. The summed E-state index contributed by atoms with van der Waals surface area (Å²) in [7, 11) is 0. The number of aromatic nitrogens is 2. The molecule has 31 heavy (non-hydrogen) atoms. The molecular formula is C22H17FN4O3S. The lowest BCUT2D eigenvalue weighted by Crippen LogP contribution is -2.34. The van der Waals surface area contributed by atoms with Crippen molar-refractivity contribution in [1.29, 1.82) is 0 Å². The highest BCUT2D eigenvalue weighted by Crippen LogP contribution is 2.33. The van der Waals surface area contributed by atoms with Crippen molar-refractivity contribution in [1.82, 2.24) is 9.97 Å². The zero-order valence-electron chi connectivity index (χ0n) is 16.4. The Morgan fingerprint density at radius 1 is 1.19 bits per heavy atom. The smallest absolute Gasteiger partial charge is 0.265 e. The third kappa shape index (κ3) is 3.64. The van der Waals surface area contributed by atoms with Gasteiger partial charge >= 0.3 is 0 Å². The molecule has 0 aliphatic carbocycles. The Kier molecular flexibility index (Phi) is 4.67. The standard InChI is InChI=1S/C22H17FN4O3S/c1-11-20(28)25-16-8-14(6-7-17(16)30-11)24-9-18-26-21(29)19-15(10-31-22(19)27-18)12-2-4-13(23)5-3-12/h2-8,10-11,24H,9H2,1H3,(H,25,28)(H,26,27,29)/t11-/m0/s1. The van der Waals surface area contributed by atoms with Crippen LogP contribution in [0.2, 0.25) is 0 Å². The predicted molar refractivity (Wildman–Crippen MR) is 118 cm³/mol. The van der Waals surface area contributed by atoms with Crippen LogP contribution < -0.4 is 20.9 Å². The second kappa shape index (κ2) is 7.51. The van der Waals surface area contributed by atoms with Crippen molar-refractivity contribution in [3.8, 4) is 16.9 Å². The van der Waals surface area contributed by atoms with Gasteiger partial charge in [0.25, 0.3) is 11.5 Å². The van der Waals surface area contributed by atoms with E-state index in [1.165, 1.54) is 23.5 Å². The van der Waals surface area contributed by atoms with Gasteiger partial charge in [0, 0.05) is 16.6 Å². The number of ether oxygens (including phenoxy) is 1. The summed E-state index contributed by atoms with van der Waals surface area (Å²) in [6, 6.07) is 11.4.